The van der Waals surface area contributed by atoms with Crippen LogP contribution in [-0.4, -0.2) is 31.3 Å². The summed E-state index contributed by atoms with van der Waals surface area (Å²) in [5, 5.41) is 6.69. The number of methoxy groups -OCH3 is 1. The number of amides is 2. The molecular weight excluding hydrogens is 254 g/mol. The van der Waals surface area contributed by atoms with Crippen LogP contribution in [-0.2, 0) is 11.3 Å². The minimum Gasteiger partial charge on any atom is -0.385 e. The van der Waals surface area contributed by atoms with Crippen LogP contribution in [0.1, 0.15) is 12.0 Å². The van der Waals surface area contributed by atoms with Crippen molar-refractivity contribution in [3.63, 3.8) is 0 Å². The molecule has 0 spiro atoms. The number of hydrogen-bond donors (Lipinski definition) is 2. The Morgan fingerprint density at radius 1 is 1.30 bits per heavy atom. The molecule has 20 heavy (non-hydrogen) atoms. The van der Waals surface area contributed by atoms with Gasteiger partial charge in [0, 0.05) is 38.4 Å². The zero-order chi connectivity index (χ0) is 14.2. The largest absolute Gasteiger partial charge is 0.385 e. The fourth-order valence-electron chi connectivity index (χ4n) is 1.90. The molecule has 106 valence electrons. The molecule has 5 nitrogen and oxygen atoms in total. The van der Waals surface area contributed by atoms with E-state index in [0.29, 0.717) is 19.7 Å². The highest BCUT2D eigenvalue weighted by molar-refractivity contribution is 5.79. The molecule has 5 heteroatoms. The molecule has 0 fully saturated rings. The normalized spacial score (nSPS) is 10.4. The van der Waals surface area contributed by atoms with Gasteiger partial charge >= 0.3 is 6.03 Å². The van der Waals surface area contributed by atoms with Gasteiger partial charge in [-0.3, -0.25) is 4.98 Å². The topological polar surface area (TPSA) is 63.2 Å². The number of carbonyl (C=O) groups is 1. The molecule has 0 saturated carbocycles. The molecule has 0 radical (unpaired) electrons. The van der Waals surface area contributed by atoms with Crippen LogP contribution in [0.3, 0.4) is 0 Å². The van der Waals surface area contributed by atoms with E-state index in [-0.39, 0.29) is 6.03 Å². The minimum absolute atomic E-state index is 0.160. The number of urea groups is 1. The number of rotatable bonds is 6. The molecule has 0 atom stereocenters. The number of hydrogen-bond acceptors (Lipinski definition) is 3. The SMILES string of the molecule is COCCCNC(=O)NCc1ccc2ncccc2c1. The maximum absolute atomic E-state index is 11.6. The lowest BCUT2D eigenvalue weighted by Gasteiger charge is -2.08. The fourth-order valence-corrected chi connectivity index (χ4v) is 1.90. The van der Waals surface area contributed by atoms with E-state index >= 15 is 0 Å². The minimum atomic E-state index is -0.160. The van der Waals surface area contributed by atoms with Gasteiger partial charge in [0.2, 0.25) is 0 Å². The number of ether oxygens (including phenoxy) is 1. The van der Waals surface area contributed by atoms with Crippen LogP contribution in [0.4, 0.5) is 4.79 Å². The third kappa shape index (κ3) is 4.20. The zero-order valence-electron chi connectivity index (χ0n) is 11.6. The highest BCUT2D eigenvalue weighted by Gasteiger charge is 2.01. The van der Waals surface area contributed by atoms with Gasteiger partial charge in [0.05, 0.1) is 5.52 Å². The molecule has 2 aromatic rings. The van der Waals surface area contributed by atoms with Crippen molar-refractivity contribution < 1.29 is 9.53 Å². The highest BCUT2D eigenvalue weighted by atomic mass is 16.5. The Kier molecular flexibility index (Phi) is 5.32. The van der Waals surface area contributed by atoms with Crippen LogP contribution < -0.4 is 10.6 Å². The number of fused-ring (bicyclic) bond motifs is 1. The van der Waals surface area contributed by atoms with Gasteiger partial charge in [-0.05, 0) is 30.2 Å². The van der Waals surface area contributed by atoms with E-state index in [2.05, 4.69) is 15.6 Å². The Hall–Kier alpha value is -2.14. The van der Waals surface area contributed by atoms with Gasteiger partial charge < -0.3 is 15.4 Å². The van der Waals surface area contributed by atoms with Crippen LogP contribution in [0.25, 0.3) is 10.9 Å². The Labute approximate surface area is 118 Å². The summed E-state index contributed by atoms with van der Waals surface area (Å²) in [7, 11) is 1.65. The Morgan fingerprint density at radius 2 is 2.20 bits per heavy atom. The quantitative estimate of drug-likeness (QED) is 0.792. The predicted molar refractivity (Wildman–Crippen MR) is 78.5 cm³/mol. The molecule has 1 aromatic heterocycles. The summed E-state index contributed by atoms with van der Waals surface area (Å²) in [5.41, 5.74) is 2.01. The van der Waals surface area contributed by atoms with Gasteiger partial charge in [-0.2, -0.15) is 0 Å². The smallest absolute Gasteiger partial charge is 0.315 e. The number of nitrogens with zero attached hydrogens (tertiary/aromatic N) is 1. The van der Waals surface area contributed by atoms with Crippen molar-refractivity contribution in [3.8, 4) is 0 Å². The van der Waals surface area contributed by atoms with Crippen molar-refractivity contribution in [1.29, 1.82) is 0 Å². The second-order valence-electron chi connectivity index (χ2n) is 4.49. The van der Waals surface area contributed by atoms with E-state index in [1.165, 1.54) is 0 Å². The van der Waals surface area contributed by atoms with Crippen LogP contribution in [0.5, 0.6) is 0 Å². The maximum Gasteiger partial charge on any atom is 0.315 e. The van der Waals surface area contributed by atoms with Crippen molar-refractivity contribution >= 4 is 16.9 Å². The Balaban J connectivity index is 1.81. The van der Waals surface area contributed by atoms with Gasteiger partial charge in [0.15, 0.2) is 0 Å². The van der Waals surface area contributed by atoms with Gasteiger partial charge in [0.25, 0.3) is 0 Å². The van der Waals surface area contributed by atoms with E-state index in [4.69, 9.17) is 4.74 Å². The van der Waals surface area contributed by atoms with Gasteiger partial charge in [-0.15, -0.1) is 0 Å². The summed E-state index contributed by atoms with van der Waals surface area (Å²) in [6.45, 7) is 1.76. The molecule has 0 bridgehead atoms. The first-order chi connectivity index (χ1) is 9.79. The molecule has 0 unspecified atom stereocenters. The average molecular weight is 273 g/mol. The highest BCUT2D eigenvalue weighted by Crippen LogP contribution is 2.12. The fraction of sp³-hybridized carbons (Fsp3) is 0.333. The van der Waals surface area contributed by atoms with Crippen molar-refractivity contribution in [2.24, 2.45) is 0 Å². The average Bonchev–Trinajstić information content (AvgIpc) is 2.49. The molecule has 2 rings (SSSR count). The molecular formula is C15H19N3O2. The lowest BCUT2D eigenvalue weighted by molar-refractivity contribution is 0.193. The summed E-state index contributed by atoms with van der Waals surface area (Å²) in [6.07, 6.45) is 2.58. The molecule has 1 heterocycles. The molecule has 0 aliphatic heterocycles. The van der Waals surface area contributed by atoms with Crippen molar-refractivity contribution in [2.75, 3.05) is 20.3 Å². The number of carbonyl (C=O) groups excluding carboxylic acids is 1. The van der Waals surface area contributed by atoms with E-state index < -0.39 is 0 Å². The van der Waals surface area contributed by atoms with E-state index in [0.717, 1.165) is 22.9 Å². The first-order valence-electron chi connectivity index (χ1n) is 6.64. The molecule has 0 aliphatic rings. The molecule has 2 N–H and O–H groups in total. The number of benzene rings is 1. The molecule has 1 aromatic carbocycles. The number of pyridine rings is 1. The van der Waals surface area contributed by atoms with E-state index in [1.807, 2.05) is 30.3 Å². The monoisotopic (exact) mass is 273 g/mol. The molecule has 2 amide bonds. The zero-order valence-corrected chi connectivity index (χ0v) is 11.6. The summed E-state index contributed by atoms with van der Waals surface area (Å²) < 4.78 is 4.92. The summed E-state index contributed by atoms with van der Waals surface area (Å²) in [5.74, 6) is 0. The predicted octanol–water partition coefficient (Wildman–Crippen LogP) is 2.07. The van der Waals surface area contributed by atoms with Gasteiger partial charge in [0.1, 0.15) is 0 Å². The maximum atomic E-state index is 11.6. The summed E-state index contributed by atoms with van der Waals surface area (Å²) in [4.78, 5) is 15.8. The second-order valence-corrected chi connectivity index (χ2v) is 4.49. The molecule has 0 saturated heterocycles. The van der Waals surface area contributed by atoms with Crippen LogP contribution in [0, 0.1) is 0 Å². The van der Waals surface area contributed by atoms with E-state index in [9.17, 15) is 4.79 Å². The van der Waals surface area contributed by atoms with Crippen LogP contribution in [0.15, 0.2) is 36.5 Å². The summed E-state index contributed by atoms with van der Waals surface area (Å²) >= 11 is 0. The lowest BCUT2D eigenvalue weighted by atomic mass is 10.1. The number of aromatic nitrogens is 1. The first-order valence-corrected chi connectivity index (χ1v) is 6.64. The second kappa shape index (κ2) is 7.45. The van der Waals surface area contributed by atoms with Crippen LogP contribution >= 0.6 is 0 Å². The number of nitrogens with one attached hydrogen (secondary N) is 2. The molecule has 0 aliphatic carbocycles. The third-order valence-corrected chi connectivity index (χ3v) is 2.93. The first kappa shape index (κ1) is 14.3. The van der Waals surface area contributed by atoms with Gasteiger partial charge in [-0.25, -0.2) is 4.79 Å². The van der Waals surface area contributed by atoms with Gasteiger partial charge in [-0.1, -0.05) is 12.1 Å². The lowest BCUT2D eigenvalue weighted by Crippen LogP contribution is -2.35. The van der Waals surface area contributed by atoms with Crippen molar-refractivity contribution in [1.82, 2.24) is 15.6 Å². The summed E-state index contributed by atoms with van der Waals surface area (Å²) in [6, 6.07) is 9.72. The third-order valence-electron chi connectivity index (χ3n) is 2.93. The Bertz CT molecular complexity index is 572. The van der Waals surface area contributed by atoms with E-state index in [1.54, 1.807) is 13.3 Å². The van der Waals surface area contributed by atoms with Crippen molar-refractivity contribution in [3.05, 3.63) is 42.1 Å². The standard InChI is InChI=1S/C15H19N3O2/c1-20-9-3-8-17-15(19)18-11-12-5-6-14-13(10-12)4-2-7-16-14/h2,4-7,10H,3,8-9,11H2,1H3,(H2,17,18,19). The Morgan fingerprint density at radius 3 is 3.05 bits per heavy atom. The van der Waals surface area contributed by atoms with Crippen LogP contribution in [0.2, 0.25) is 0 Å². The van der Waals surface area contributed by atoms with Crippen molar-refractivity contribution in [2.45, 2.75) is 13.0 Å².